The number of nitrogen functional groups attached to an aromatic ring is 1. The van der Waals surface area contributed by atoms with Crippen LogP contribution in [0.25, 0.3) is 11.2 Å². The molecule has 0 saturated carbocycles. The number of nitrogens with zero attached hydrogens (tertiary/aromatic N) is 4. The fraction of sp³-hybridized carbons (Fsp3) is 0.421. The summed E-state index contributed by atoms with van der Waals surface area (Å²) in [4.78, 5) is 12.2. The fourth-order valence-corrected chi connectivity index (χ4v) is 4.09. The van der Waals surface area contributed by atoms with Gasteiger partial charge in [-0.15, -0.1) is 0 Å². The first-order valence-corrected chi connectivity index (χ1v) is 9.36. The number of rotatable bonds is 4. The smallest absolute Gasteiger partial charge is 0.167 e. The van der Waals surface area contributed by atoms with Gasteiger partial charge in [0.2, 0.25) is 0 Å². The van der Waals surface area contributed by atoms with Gasteiger partial charge in [0, 0.05) is 6.42 Å². The normalized spacial score (nSPS) is 31.4. The predicted molar refractivity (Wildman–Crippen MR) is 101 cm³/mol. The number of aliphatic hydroxyl groups is 3. The van der Waals surface area contributed by atoms with Crippen molar-refractivity contribution in [2.45, 2.75) is 43.2 Å². The zero-order chi connectivity index (χ0) is 20.1. The van der Waals surface area contributed by atoms with Crippen LogP contribution in [-0.2, 0) is 15.9 Å². The molecule has 1 saturated heterocycles. The third kappa shape index (κ3) is 2.96. The van der Waals surface area contributed by atoms with Crippen LogP contribution in [0.3, 0.4) is 0 Å². The summed E-state index contributed by atoms with van der Waals surface area (Å²) in [5.41, 5.74) is 8.56. The highest BCUT2D eigenvalue weighted by atomic mass is 16.6. The SMILES string of the molecule is Nc1ncnc2c1ncn2[C@@H]1O[C@H](CO[C@@H]2c3ccccc3C[C@@H]2O)[C@@H](O)[C@H]1O. The Bertz CT molecular complexity index is 1040. The van der Waals surface area contributed by atoms with Crippen LogP contribution in [0.1, 0.15) is 23.5 Å². The van der Waals surface area contributed by atoms with Crippen molar-refractivity contribution in [2.24, 2.45) is 0 Å². The number of benzene rings is 1. The first kappa shape index (κ1) is 18.4. The summed E-state index contributed by atoms with van der Waals surface area (Å²) in [5, 5.41) is 31.3. The van der Waals surface area contributed by atoms with Gasteiger partial charge in [-0.3, -0.25) is 4.57 Å². The van der Waals surface area contributed by atoms with E-state index in [1.165, 1.54) is 17.2 Å². The minimum absolute atomic E-state index is 0.00847. The average molecular weight is 399 g/mol. The topological polar surface area (TPSA) is 149 Å². The number of anilines is 1. The fourth-order valence-electron chi connectivity index (χ4n) is 4.09. The van der Waals surface area contributed by atoms with Gasteiger partial charge in [0.05, 0.1) is 19.0 Å². The minimum Gasteiger partial charge on any atom is -0.390 e. The molecule has 1 aliphatic heterocycles. The molecular weight excluding hydrogens is 378 g/mol. The van der Waals surface area contributed by atoms with Crippen molar-refractivity contribution in [3.63, 3.8) is 0 Å². The lowest BCUT2D eigenvalue weighted by Gasteiger charge is -2.21. The molecule has 0 bridgehead atoms. The van der Waals surface area contributed by atoms with Crippen molar-refractivity contribution in [3.05, 3.63) is 48.0 Å². The van der Waals surface area contributed by atoms with Gasteiger partial charge in [-0.1, -0.05) is 24.3 Å². The molecule has 10 nitrogen and oxygen atoms in total. The molecule has 0 unspecified atom stereocenters. The van der Waals surface area contributed by atoms with Gasteiger partial charge in [-0.05, 0) is 11.1 Å². The van der Waals surface area contributed by atoms with Crippen molar-refractivity contribution in [1.82, 2.24) is 19.5 Å². The van der Waals surface area contributed by atoms with E-state index in [0.717, 1.165) is 11.1 Å². The van der Waals surface area contributed by atoms with E-state index in [1.54, 1.807) is 0 Å². The van der Waals surface area contributed by atoms with E-state index in [2.05, 4.69) is 15.0 Å². The molecular formula is C19H21N5O5. The zero-order valence-corrected chi connectivity index (χ0v) is 15.4. The summed E-state index contributed by atoms with van der Waals surface area (Å²) >= 11 is 0. The first-order chi connectivity index (χ1) is 14.0. The van der Waals surface area contributed by atoms with Crippen molar-refractivity contribution in [3.8, 4) is 0 Å². The van der Waals surface area contributed by atoms with E-state index in [-0.39, 0.29) is 12.4 Å². The molecule has 0 radical (unpaired) electrons. The maximum Gasteiger partial charge on any atom is 0.167 e. The highest BCUT2D eigenvalue weighted by molar-refractivity contribution is 5.81. The number of nitrogens with two attached hydrogens (primary N) is 1. The Kier molecular flexibility index (Phi) is 4.45. The van der Waals surface area contributed by atoms with Crippen LogP contribution < -0.4 is 5.73 Å². The Morgan fingerprint density at radius 1 is 1.14 bits per heavy atom. The second kappa shape index (κ2) is 7.01. The second-order valence-electron chi connectivity index (χ2n) is 7.35. The summed E-state index contributed by atoms with van der Waals surface area (Å²) in [6, 6.07) is 7.69. The molecule has 2 aromatic heterocycles. The summed E-state index contributed by atoms with van der Waals surface area (Å²) < 4.78 is 13.3. The van der Waals surface area contributed by atoms with Gasteiger partial charge < -0.3 is 30.5 Å². The van der Waals surface area contributed by atoms with Crippen molar-refractivity contribution in [1.29, 1.82) is 0 Å². The number of hydrogen-bond donors (Lipinski definition) is 4. The molecule has 3 aromatic rings. The minimum atomic E-state index is -1.21. The summed E-state index contributed by atoms with van der Waals surface area (Å²) in [6.07, 6.45) is -1.98. The number of imidazole rings is 1. The third-order valence-electron chi connectivity index (χ3n) is 5.58. The van der Waals surface area contributed by atoms with Gasteiger partial charge in [0.15, 0.2) is 17.7 Å². The maximum atomic E-state index is 10.5. The van der Waals surface area contributed by atoms with E-state index in [1.807, 2.05) is 24.3 Å². The molecule has 10 heteroatoms. The Labute approximate surface area is 165 Å². The largest absolute Gasteiger partial charge is 0.390 e. The highest BCUT2D eigenvalue weighted by Gasteiger charge is 2.45. The van der Waals surface area contributed by atoms with Crippen molar-refractivity contribution >= 4 is 17.0 Å². The number of ether oxygens (including phenoxy) is 2. The third-order valence-corrected chi connectivity index (χ3v) is 5.58. The molecule has 2 aliphatic rings. The number of aliphatic hydroxyl groups excluding tert-OH is 3. The molecule has 1 aromatic carbocycles. The lowest BCUT2D eigenvalue weighted by molar-refractivity contribution is -0.101. The van der Waals surface area contributed by atoms with E-state index >= 15 is 0 Å². The van der Waals surface area contributed by atoms with Crippen molar-refractivity contribution in [2.75, 3.05) is 12.3 Å². The molecule has 1 aliphatic carbocycles. The summed E-state index contributed by atoms with van der Waals surface area (Å²) in [5.74, 6) is 0.218. The van der Waals surface area contributed by atoms with Crippen LogP contribution in [0, 0.1) is 0 Å². The highest BCUT2D eigenvalue weighted by Crippen LogP contribution is 2.36. The Hall–Kier alpha value is -2.63. The molecule has 6 atom stereocenters. The Morgan fingerprint density at radius 3 is 2.83 bits per heavy atom. The number of fused-ring (bicyclic) bond motifs is 2. The van der Waals surface area contributed by atoms with Gasteiger partial charge in [0.25, 0.3) is 0 Å². The lowest BCUT2D eigenvalue weighted by atomic mass is 10.1. The van der Waals surface area contributed by atoms with Gasteiger partial charge in [0.1, 0.15) is 36.3 Å². The molecule has 3 heterocycles. The molecule has 152 valence electrons. The quantitative estimate of drug-likeness (QED) is 0.464. The monoisotopic (exact) mass is 399 g/mol. The summed E-state index contributed by atoms with van der Waals surface area (Å²) in [7, 11) is 0. The van der Waals surface area contributed by atoms with Gasteiger partial charge in [-0.25, -0.2) is 15.0 Å². The Morgan fingerprint density at radius 2 is 1.97 bits per heavy atom. The average Bonchev–Trinajstić information content (AvgIpc) is 3.36. The maximum absolute atomic E-state index is 10.5. The molecule has 5 rings (SSSR count). The van der Waals surface area contributed by atoms with Gasteiger partial charge >= 0.3 is 0 Å². The first-order valence-electron chi connectivity index (χ1n) is 9.36. The van der Waals surface area contributed by atoms with Crippen LogP contribution >= 0.6 is 0 Å². The van der Waals surface area contributed by atoms with E-state index in [4.69, 9.17) is 15.2 Å². The van der Waals surface area contributed by atoms with Gasteiger partial charge in [-0.2, -0.15) is 0 Å². The molecule has 0 spiro atoms. The standard InChI is InChI=1S/C19H21N5O5/c20-17-13-18(22-7-21-17)24(8-23-13)19-15(27)14(26)12(29-19)6-28-16-10-4-2-1-3-9(10)5-11(16)25/h1-4,7-8,11-12,14-16,19,25-27H,5-6H2,(H2,20,21,22)/t11-,12+,14+,15+,16+,19+/m0/s1. The molecule has 5 N–H and O–H groups in total. The van der Waals surface area contributed by atoms with Crippen molar-refractivity contribution < 1.29 is 24.8 Å². The van der Waals surface area contributed by atoms with Crippen LogP contribution in [0.4, 0.5) is 5.82 Å². The number of hydrogen-bond acceptors (Lipinski definition) is 9. The summed E-state index contributed by atoms with van der Waals surface area (Å²) in [6.45, 7) is 0.00847. The molecule has 29 heavy (non-hydrogen) atoms. The van der Waals surface area contributed by atoms with Crippen LogP contribution in [0.5, 0.6) is 0 Å². The Balaban J connectivity index is 1.33. The van der Waals surface area contributed by atoms with Crippen LogP contribution in [0.2, 0.25) is 0 Å². The second-order valence-corrected chi connectivity index (χ2v) is 7.35. The van der Waals surface area contributed by atoms with E-state index in [9.17, 15) is 15.3 Å². The van der Waals surface area contributed by atoms with E-state index in [0.29, 0.717) is 17.6 Å². The lowest BCUT2D eigenvalue weighted by Crippen LogP contribution is -2.34. The predicted octanol–water partition coefficient (Wildman–Crippen LogP) is -0.297. The molecule has 0 amide bonds. The van der Waals surface area contributed by atoms with E-state index < -0.39 is 36.7 Å². The zero-order valence-electron chi connectivity index (χ0n) is 15.4. The van der Waals surface area contributed by atoms with Crippen LogP contribution in [-0.4, -0.2) is 65.9 Å². The number of aromatic nitrogens is 4. The molecule has 1 fully saturated rings. The van der Waals surface area contributed by atoms with Crippen LogP contribution in [0.15, 0.2) is 36.9 Å².